The highest BCUT2D eigenvalue weighted by Gasteiger charge is 2.29. The summed E-state index contributed by atoms with van der Waals surface area (Å²) in [5.41, 5.74) is 4.20. The average molecular weight is 408 g/mol. The Balaban J connectivity index is 1.57. The first-order valence-electron chi connectivity index (χ1n) is 10.0. The van der Waals surface area contributed by atoms with E-state index in [9.17, 15) is 9.59 Å². The molecule has 0 aliphatic rings. The highest BCUT2D eigenvalue weighted by molar-refractivity contribution is 6.49. The van der Waals surface area contributed by atoms with Crippen molar-refractivity contribution in [2.75, 3.05) is 4.90 Å². The van der Waals surface area contributed by atoms with Crippen LogP contribution >= 0.6 is 0 Å². The topological polar surface area (TPSA) is 70.5 Å². The second-order valence-corrected chi connectivity index (χ2v) is 7.40. The molecule has 2 aromatic carbocycles. The molecule has 0 aliphatic carbocycles. The molecule has 0 saturated carbocycles. The number of amides is 1. The summed E-state index contributed by atoms with van der Waals surface area (Å²) in [5, 5.41) is 0.751. The predicted molar refractivity (Wildman–Crippen MR) is 120 cm³/mol. The van der Waals surface area contributed by atoms with Gasteiger partial charge in [0.05, 0.1) is 24.0 Å². The van der Waals surface area contributed by atoms with Gasteiger partial charge in [0.25, 0.3) is 11.7 Å². The molecule has 0 saturated heterocycles. The van der Waals surface area contributed by atoms with Crippen molar-refractivity contribution in [2.24, 2.45) is 0 Å². The Morgan fingerprint density at radius 3 is 2.55 bits per heavy atom. The minimum absolute atomic E-state index is 0.223. The van der Waals surface area contributed by atoms with Crippen LogP contribution in [0.5, 0.6) is 0 Å². The van der Waals surface area contributed by atoms with Crippen molar-refractivity contribution in [3.8, 4) is 0 Å². The third-order valence-electron chi connectivity index (χ3n) is 5.44. The van der Waals surface area contributed by atoms with E-state index in [1.54, 1.807) is 6.20 Å². The fourth-order valence-electron chi connectivity index (χ4n) is 3.95. The maximum atomic E-state index is 13.5. The molecule has 0 bridgehead atoms. The number of nitrogens with zero attached hydrogens (tertiary/aromatic N) is 3. The van der Waals surface area contributed by atoms with Crippen molar-refractivity contribution in [1.29, 1.82) is 0 Å². The molecule has 0 unspecified atom stereocenters. The number of anilines is 1. The zero-order valence-electron chi connectivity index (χ0n) is 16.9. The number of carbonyl (C=O) groups excluding carboxylic acids is 2. The second kappa shape index (κ2) is 7.57. The fourth-order valence-corrected chi connectivity index (χ4v) is 3.95. The van der Waals surface area contributed by atoms with Crippen molar-refractivity contribution >= 4 is 33.9 Å². The van der Waals surface area contributed by atoms with E-state index in [2.05, 4.69) is 9.97 Å². The number of nitrogens with one attached hydrogen (secondary N) is 1. The molecular formula is C25H20N4O2. The molecule has 3 heterocycles. The summed E-state index contributed by atoms with van der Waals surface area (Å²) in [6, 6.07) is 22.5. The Labute approximate surface area is 178 Å². The monoisotopic (exact) mass is 408 g/mol. The van der Waals surface area contributed by atoms with E-state index in [0.717, 1.165) is 22.2 Å². The summed E-state index contributed by atoms with van der Waals surface area (Å²) < 4.78 is 1.92. The lowest BCUT2D eigenvalue weighted by atomic mass is 10.1. The van der Waals surface area contributed by atoms with Crippen LogP contribution in [0.15, 0.2) is 85.2 Å². The lowest BCUT2D eigenvalue weighted by Crippen LogP contribution is -2.36. The van der Waals surface area contributed by atoms with E-state index in [4.69, 9.17) is 0 Å². The molecule has 6 heteroatoms. The van der Waals surface area contributed by atoms with Gasteiger partial charge in [-0.2, -0.15) is 0 Å². The Morgan fingerprint density at radius 2 is 1.71 bits per heavy atom. The van der Waals surface area contributed by atoms with Crippen molar-refractivity contribution in [3.63, 3.8) is 0 Å². The van der Waals surface area contributed by atoms with Crippen LogP contribution in [0.3, 0.4) is 0 Å². The number of aromatic amines is 1. The van der Waals surface area contributed by atoms with E-state index in [-0.39, 0.29) is 6.54 Å². The van der Waals surface area contributed by atoms with Gasteiger partial charge in [-0.05, 0) is 37.3 Å². The van der Waals surface area contributed by atoms with Gasteiger partial charge in [-0.3, -0.25) is 14.5 Å². The third-order valence-corrected chi connectivity index (χ3v) is 5.44. The number of Topliss-reactive ketones (excluding diaryl/α,β-unsaturated/α-hetero) is 1. The summed E-state index contributed by atoms with van der Waals surface area (Å²) in [5.74, 6) is -1.11. The quantitative estimate of drug-likeness (QED) is 0.343. The van der Waals surface area contributed by atoms with E-state index in [1.807, 2.05) is 90.3 Å². The molecule has 0 fully saturated rings. The van der Waals surface area contributed by atoms with Gasteiger partial charge in [0, 0.05) is 28.5 Å². The lowest BCUT2D eigenvalue weighted by molar-refractivity contribution is -0.114. The second-order valence-electron chi connectivity index (χ2n) is 7.40. The number of pyridine rings is 1. The van der Waals surface area contributed by atoms with Gasteiger partial charge < -0.3 is 9.38 Å². The molecule has 0 spiro atoms. The van der Waals surface area contributed by atoms with Crippen LogP contribution in [0.25, 0.3) is 16.6 Å². The van der Waals surface area contributed by atoms with Crippen molar-refractivity contribution < 1.29 is 9.59 Å². The summed E-state index contributed by atoms with van der Waals surface area (Å²) in [7, 11) is 0. The van der Waals surface area contributed by atoms with Gasteiger partial charge in [-0.15, -0.1) is 0 Å². The number of H-pyrrole nitrogens is 1. The van der Waals surface area contributed by atoms with Gasteiger partial charge >= 0.3 is 0 Å². The number of imidazole rings is 1. The van der Waals surface area contributed by atoms with Crippen molar-refractivity contribution in [1.82, 2.24) is 14.4 Å². The van der Waals surface area contributed by atoms with Gasteiger partial charge in [-0.25, -0.2) is 4.98 Å². The summed E-state index contributed by atoms with van der Waals surface area (Å²) in [6.07, 6.45) is 3.64. The number of para-hydroxylation sites is 2. The lowest BCUT2D eigenvalue weighted by Gasteiger charge is -2.22. The highest BCUT2D eigenvalue weighted by Crippen LogP contribution is 2.25. The molecule has 1 N–H and O–H groups in total. The van der Waals surface area contributed by atoms with Crippen molar-refractivity contribution in [2.45, 2.75) is 13.5 Å². The molecule has 31 heavy (non-hydrogen) atoms. The minimum atomic E-state index is -0.579. The van der Waals surface area contributed by atoms with Crippen molar-refractivity contribution in [3.05, 3.63) is 102 Å². The molecule has 152 valence electrons. The van der Waals surface area contributed by atoms with Crippen LogP contribution in [-0.2, 0) is 11.3 Å². The van der Waals surface area contributed by atoms with Gasteiger partial charge in [0.15, 0.2) is 0 Å². The number of ketones is 1. The number of benzene rings is 2. The molecule has 1 amide bonds. The number of aryl methyl sites for hydroxylation is 1. The first-order valence-corrected chi connectivity index (χ1v) is 10.0. The predicted octanol–water partition coefficient (Wildman–Crippen LogP) is 4.54. The minimum Gasteiger partial charge on any atom is -0.358 e. The van der Waals surface area contributed by atoms with Gasteiger partial charge in [0.1, 0.15) is 5.65 Å². The molecule has 5 rings (SSSR count). The Bertz CT molecular complexity index is 1420. The number of carbonyl (C=O) groups is 2. The van der Waals surface area contributed by atoms with Crippen LogP contribution in [-0.4, -0.2) is 26.1 Å². The van der Waals surface area contributed by atoms with Crippen LogP contribution < -0.4 is 4.90 Å². The summed E-state index contributed by atoms with van der Waals surface area (Å²) in [6.45, 7) is 2.04. The maximum Gasteiger partial charge on any atom is 0.299 e. The zero-order chi connectivity index (χ0) is 21.4. The Hall–Kier alpha value is -4.19. The van der Waals surface area contributed by atoms with Gasteiger partial charge in [-0.1, -0.05) is 42.5 Å². The maximum absolute atomic E-state index is 13.5. The first-order chi connectivity index (χ1) is 15.1. The molecule has 0 aliphatic heterocycles. The molecule has 0 radical (unpaired) electrons. The SMILES string of the molecule is Cc1[nH]c2ccccc2c1C(=O)C(=O)N(Cc1cnc2ccccn12)c1ccccc1. The largest absolute Gasteiger partial charge is 0.358 e. The molecule has 5 aromatic rings. The third kappa shape index (κ3) is 3.28. The van der Waals surface area contributed by atoms with Crippen LogP contribution in [0.4, 0.5) is 5.69 Å². The van der Waals surface area contributed by atoms with Gasteiger partial charge in [0.2, 0.25) is 0 Å². The molecule has 0 atom stereocenters. The molecule has 6 nitrogen and oxygen atoms in total. The summed E-state index contributed by atoms with van der Waals surface area (Å²) in [4.78, 5) is 36.1. The average Bonchev–Trinajstić information content (AvgIpc) is 3.37. The van der Waals surface area contributed by atoms with E-state index in [0.29, 0.717) is 16.9 Å². The highest BCUT2D eigenvalue weighted by atomic mass is 16.2. The molecule has 3 aromatic heterocycles. The Kier molecular flexibility index (Phi) is 4.59. The standard InChI is InChI=1S/C25H20N4O2/c1-17-23(20-11-5-6-12-21(20)27-17)24(30)25(31)29(18-9-3-2-4-10-18)16-19-15-26-22-13-7-8-14-28(19)22/h2-15,27H,16H2,1H3. The number of aromatic nitrogens is 3. The number of hydrogen-bond acceptors (Lipinski definition) is 3. The number of rotatable bonds is 5. The van der Waals surface area contributed by atoms with Crippen LogP contribution in [0, 0.1) is 6.92 Å². The van der Waals surface area contributed by atoms with E-state index in [1.165, 1.54) is 4.90 Å². The van der Waals surface area contributed by atoms with E-state index >= 15 is 0 Å². The number of hydrogen-bond donors (Lipinski definition) is 1. The Morgan fingerprint density at radius 1 is 0.968 bits per heavy atom. The number of fused-ring (bicyclic) bond motifs is 2. The molecular weight excluding hydrogens is 388 g/mol. The van der Waals surface area contributed by atoms with E-state index < -0.39 is 11.7 Å². The smallest absolute Gasteiger partial charge is 0.299 e. The van der Waals surface area contributed by atoms with Crippen LogP contribution in [0.1, 0.15) is 21.7 Å². The normalized spacial score (nSPS) is 11.1. The first kappa shape index (κ1) is 18.8. The summed E-state index contributed by atoms with van der Waals surface area (Å²) >= 11 is 0. The van der Waals surface area contributed by atoms with Crippen LogP contribution in [0.2, 0.25) is 0 Å². The fraction of sp³-hybridized carbons (Fsp3) is 0.0800. The zero-order valence-corrected chi connectivity index (χ0v) is 16.9.